The fourth-order valence-electron chi connectivity index (χ4n) is 1.64. The molecule has 0 heterocycles. The SMILES string of the molecule is CCc1cc(S(N)(=O)=O)cc(C)c1NS(=O)(=O)CC. The third-order valence-electron chi connectivity index (χ3n) is 2.74. The Bertz CT molecular complexity index is 679. The van der Waals surface area contributed by atoms with Crippen molar-refractivity contribution < 1.29 is 16.8 Å². The molecule has 1 aromatic rings. The highest BCUT2D eigenvalue weighted by molar-refractivity contribution is 7.92. The first-order valence-electron chi connectivity index (χ1n) is 5.77. The van der Waals surface area contributed by atoms with Crippen LogP contribution >= 0.6 is 0 Å². The Kier molecular flexibility index (Phi) is 4.59. The van der Waals surface area contributed by atoms with E-state index in [0.29, 0.717) is 23.2 Å². The molecule has 0 atom stereocenters. The molecule has 0 unspecified atom stereocenters. The molecular formula is C11H18N2O4S2. The van der Waals surface area contributed by atoms with Crippen molar-refractivity contribution in [2.24, 2.45) is 5.14 Å². The van der Waals surface area contributed by atoms with Crippen molar-refractivity contribution in [1.82, 2.24) is 0 Å². The molecule has 3 N–H and O–H groups in total. The van der Waals surface area contributed by atoms with Gasteiger partial charge in [0.05, 0.1) is 16.3 Å². The van der Waals surface area contributed by atoms with Crippen LogP contribution in [0.4, 0.5) is 5.69 Å². The Morgan fingerprint density at radius 2 is 1.74 bits per heavy atom. The number of rotatable bonds is 5. The van der Waals surface area contributed by atoms with E-state index >= 15 is 0 Å². The first kappa shape index (κ1) is 15.9. The summed E-state index contributed by atoms with van der Waals surface area (Å²) in [6, 6.07) is 2.76. The second kappa shape index (κ2) is 5.48. The van der Waals surface area contributed by atoms with E-state index in [9.17, 15) is 16.8 Å². The third-order valence-corrected chi connectivity index (χ3v) is 4.91. The Morgan fingerprint density at radius 3 is 2.16 bits per heavy atom. The van der Waals surface area contributed by atoms with Crippen molar-refractivity contribution in [3.63, 3.8) is 0 Å². The maximum Gasteiger partial charge on any atom is 0.238 e. The van der Waals surface area contributed by atoms with Crippen LogP contribution in [0.1, 0.15) is 25.0 Å². The predicted octanol–water partition coefficient (Wildman–Crippen LogP) is 0.966. The van der Waals surface area contributed by atoms with Crippen LogP contribution in [-0.2, 0) is 26.5 Å². The van der Waals surface area contributed by atoms with Crippen LogP contribution in [0.15, 0.2) is 17.0 Å². The monoisotopic (exact) mass is 306 g/mol. The molecule has 8 heteroatoms. The molecule has 0 fully saturated rings. The maximum atomic E-state index is 11.6. The van der Waals surface area contributed by atoms with E-state index in [1.54, 1.807) is 6.92 Å². The lowest BCUT2D eigenvalue weighted by Gasteiger charge is -2.15. The highest BCUT2D eigenvalue weighted by Gasteiger charge is 2.16. The molecule has 0 bridgehead atoms. The van der Waals surface area contributed by atoms with Gasteiger partial charge < -0.3 is 0 Å². The fourth-order valence-corrected chi connectivity index (χ4v) is 3.04. The van der Waals surface area contributed by atoms with Gasteiger partial charge in [-0.2, -0.15) is 0 Å². The molecule has 0 spiro atoms. The molecule has 0 amide bonds. The summed E-state index contributed by atoms with van der Waals surface area (Å²) in [5.41, 5.74) is 1.55. The van der Waals surface area contributed by atoms with Crippen LogP contribution < -0.4 is 9.86 Å². The summed E-state index contributed by atoms with van der Waals surface area (Å²) in [4.78, 5) is -0.0127. The third kappa shape index (κ3) is 3.92. The number of primary sulfonamides is 1. The van der Waals surface area contributed by atoms with E-state index in [1.807, 2.05) is 6.92 Å². The smallest absolute Gasteiger partial charge is 0.238 e. The van der Waals surface area contributed by atoms with Gasteiger partial charge in [0.15, 0.2) is 0 Å². The average Bonchev–Trinajstić information content (AvgIpc) is 2.30. The Morgan fingerprint density at radius 1 is 1.16 bits per heavy atom. The summed E-state index contributed by atoms with van der Waals surface area (Å²) in [6.07, 6.45) is 0.492. The molecule has 0 saturated heterocycles. The predicted molar refractivity (Wildman–Crippen MR) is 75.0 cm³/mol. The molecule has 0 aliphatic rings. The molecular weight excluding hydrogens is 288 g/mol. The van der Waals surface area contributed by atoms with Crippen LogP contribution in [-0.4, -0.2) is 22.6 Å². The number of nitrogens with one attached hydrogen (secondary N) is 1. The van der Waals surface area contributed by atoms with Crippen LogP contribution in [0.3, 0.4) is 0 Å². The van der Waals surface area contributed by atoms with E-state index in [-0.39, 0.29) is 10.6 Å². The van der Waals surface area contributed by atoms with Gasteiger partial charge in [-0.15, -0.1) is 0 Å². The number of hydrogen-bond donors (Lipinski definition) is 2. The van der Waals surface area contributed by atoms with Gasteiger partial charge in [0.2, 0.25) is 20.0 Å². The molecule has 6 nitrogen and oxygen atoms in total. The molecule has 0 aliphatic carbocycles. The Labute approximate surface area is 114 Å². The Hall–Kier alpha value is -1.12. The minimum absolute atomic E-state index is 0.0127. The zero-order chi connectivity index (χ0) is 14.8. The summed E-state index contributed by atoms with van der Waals surface area (Å²) >= 11 is 0. The second-order valence-corrected chi connectivity index (χ2v) is 7.75. The van der Waals surface area contributed by atoms with E-state index in [2.05, 4.69) is 4.72 Å². The average molecular weight is 306 g/mol. The molecule has 1 rings (SSSR count). The molecule has 0 radical (unpaired) electrons. The molecule has 0 aliphatic heterocycles. The first-order chi connectivity index (χ1) is 8.60. The summed E-state index contributed by atoms with van der Waals surface area (Å²) in [6.45, 7) is 4.98. The highest BCUT2D eigenvalue weighted by atomic mass is 32.2. The van der Waals surface area contributed by atoms with Gasteiger partial charge in [-0.3, -0.25) is 4.72 Å². The molecule has 1 aromatic carbocycles. The standard InChI is InChI=1S/C11H18N2O4S2/c1-4-9-7-10(19(12,16)17)6-8(3)11(9)13-18(14,15)5-2/h6-7,13H,4-5H2,1-3H3,(H2,12,16,17). The van der Waals surface area contributed by atoms with Gasteiger partial charge in [-0.1, -0.05) is 6.92 Å². The molecule has 0 saturated carbocycles. The number of sulfonamides is 2. The second-order valence-electron chi connectivity index (χ2n) is 4.18. The van der Waals surface area contributed by atoms with Crippen molar-refractivity contribution in [2.45, 2.75) is 32.1 Å². The first-order valence-corrected chi connectivity index (χ1v) is 8.97. The zero-order valence-corrected chi connectivity index (χ0v) is 12.7. The normalized spacial score (nSPS) is 12.4. The number of nitrogens with two attached hydrogens (primary N) is 1. The number of anilines is 1. The van der Waals surface area contributed by atoms with Gasteiger partial charge in [-0.05, 0) is 43.5 Å². The maximum absolute atomic E-state index is 11.6. The highest BCUT2D eigenvalue weighted by Crippen LogP contribution is 2.26. The number of aryl methyl sites for hydroxylation is 2. The lowest BCUT2D eigenvalue weighted by molar-refractivity contribution is 0.597. The number of hydrogen-bond acceptors (Lipinski definition) is 4. The zero-order valence-electron chi connectivity index (χ0n) is 11.1. The lowest BCUT2D eigenvalue weighted by Crippen LogP contribution is -2.18. The van der Waals surface area contributed by atoms with E-state index in [1.165, 1.54) is 19.1 Å². The van der Waals surface area contributed by atoms with Crippen molar-refractivity contribution >= 4 is 25.7 Å². The van der Waals surface area contributed by atoms with E-state index in [0.717, 1.165) is 0 Å². The minimum atomic E-state index is -3.80. The fraction of sp³-hybridized carbons (Fsp3) is 0.455. The topological polar surface area (TPSA) is 106 Å². The van der Waals surface area contributed by atoms with E-state index < -0.39 is 20.0 Å². The summed E-state index contributed by atoms with van der Waals surface area (Å²) in [7, 11) is -7.21. The van der Waals surface area contributed by atoms with E-state index in [4.69, 9.17) is 5.14 Å². The van der Waals surface area contributed by atoms with Gasteiger partial charge in [0.1, 0.15) is 0 Å². The Balaban J connectivity index is 3.43. The lowest BCUT2D eigenvalue weighted by atomic mass is 10.1. The molecule has 108 valence electrons. The van der Waals surface area contributed by atoms with Gasteiger partial charge in [-0.25, -0.2) is 22.0 Å². The minimum Gasteiger partial charge on any atom is -0.283 e. The van der Waals surface area contributed by atoms with Gasteiger partial charge in [0.25, 0.3) is 0 Å². The van der Waals surface area contributed by atoms with Crippen LogP contribution in [0.25, 0.3) is 0 Å². The molecule has 0 aromatic heterocycles. The van der Waals surface area contributed by atoms with Crippen LogP contribution in [0.2, 0.25) is 0 Å². The van der Waals surface area contributed by atoms with Crippen molar-refractivity contribution in [3.05, 3.63) is 23.3 Å². The molecule has 19 heavy (non-hydrogen) atoms. The van der Waals surface area contributed by atoms with Gasteiger partial charge in [0, 0.05) is 0 Å². The summed E-state index contributed by atoms with van der Waals surface area (Å²) in [5.74, 6) is -0.0491. The number of benzene rings is 1. The summed E-state index contributed by atoms with van der Waals surface area (Å²) in [5, 5.41) is 5.09. The summed E-state index contributed by atoms with van der Waals surface area (Å²) < 4.78 is 48.4. The van der Waals surface area contributed by atoms with Gasteiger partial charge >= 0.3 is 0 Å². The van der Waals surface area contributed by atoms with Crippen molar-refractivity contribution in [1.29, 1.82) is 0 Å². The largest absolute Gasteiger partial charge is 0.283 e. The van der Waals surface area contributed by atoms with Crippen LogP contribution in [0, 0.1) is 6.92 Å². The van der Waals surface area contributed by atoms with Crippen molar-refractivity contribution in [2.75, 3.05) is 10.5 Å². The van der Waals surface area contributed by atoms with Crippen molar-refractivity contribution in [3.8, 4) is 0 Å². The quantitative estimate of drug-likeness (QED) is 0.845. The van der Waals surface area contributed by atoms with Crippen LogP contribution in [0.5, 0.6) is 0 Å².